The minimum absolute atomic E-state index is 0.125. The number of hydrogen-bond donors (Lipinski definition) is 1. The normalized spacial score (nSPS) is 28.1. The van der Waals surface area contributed by atoms with Crippen molar-refractivity contribution in [1.29, 1.82) is 0 Å². The number of aromatic nitrogens is 2. The number of nitrogens with one attached hydrogen (secondary N) is 1. The van der Waals surface area contributed by atoms with E-state index in [9.17, 15) is 13.2 Å². The average Bonchev–Trinajstić information content (AvgIpc) is 3.08. The van der Waals surface area contributed by atoms with E-state index in [4.69, 9.17) is 0 Å². The first-order chi connectivity index (χ1) is 10.00. The lowest BCUT2D eigenvalue weighted by Crippen LogP contribution is -2.43. The Labute approximate surface area is 125 Å². The first kappa shape index (κ1) is 14.7. The van der Waals surface area contributed by atoms with Gasteiger partial charge in [0, 0.05) is 24.9 Å². The van der Waals surface area contributed by atoms with Gasteiger partial charge < -0.3 is 4.98 Å². The van der Waals surface area contributed by atoms with Crippen molar-refractivity contribution in [2.45, 2.75) is 56.5 Å². The Morgan fingerprint density at radius 2 is 2.10 bits per heavy atom. The fourth-order valence-electron chi connectivity index (χ4n) is 3.54. The molecule has 6 nitrogen and oxygen atoms in total. The molecule has 1 N–H and O–H groups in total. The number of rotatable bonds is 3. The van der Waals surface area contributed by atoms with Gasteiger partial charge in [0.25, 0.3) is 10.0 Å². The summed E-state index contributed by atoms with van der Waals surface area (Å²) in [6.07, 6.45) is 6.33. The Kier molecular flexibility index (Phi) is 3.88. The van der Waals surface area contributed by atoms with Crippen LogP contribution in [0.1, 0.15) is 44.3 Å². The van der Waals surface area contributed by atoms with Crippen molar-refractivity contribution < 1.29 is 13.2 Å². The van der Waals surface area contributed by atoms with Gasteiger partial charge in [0.15, 0.2) is 5.03 Å². The predicted octanol–water partition coefficient (Wildman–Crippen LogP) is 1.63. The van der Waals surface area contributed by atoms with Gasteiger partial charge in [0.2, 0.25) is 0 Å². The molecule has 0 bridgehead atoms. The van der Waals surface area contributed by atoms with E-state index in [0.717, 1.165) is 32.1 Å². The lowest BCUT2D eigenvalue weighted by atomic mass is 9.82. The Morgan fingerprint density at radius 1 is 1.29 bits per heavy atom. The molecule has 2 fully saturated rings. The van der Waals surface area contributed by atoms with Crippen LogP contribution in [0.5, 0.6) is 0 Å². The van der Waals surface area contributed by atoms with Crippen LogP contribution in [0.15, 0.2) is 11.2 Å². The number of aryl methyl sites for hydroxylation is 1. The van der Waals surface area contributed by atoms with Gasteiger partial charge in [-0.1, -0.05) is 6.42 Å². The van der Waals surface area contributed by atoms with Crippen LogP contribution in [0, 0.1) is 12.8 Å². The Hall–Kier alpha value is -1.21. The molecule has 2 aliphatic rings. The van der Waals surface area contributed by atoms with Gasteiger partial charge in [0.1, 0.15) is 11.6 Å². The topological polar surface area (TPSA) is 83.1 Å². The Balaban J connectivity index is 1.88. The second-order valence-corrected chi connectivity index (χ2v) is 7.84. The molecule has 21 heavy (non-hydrogen) atoms. The van der Waals surface area contributed by atoms with Crippen molar-refractivity contribution in [1.82, 2.24) is 14.3 Å². The van der Waals surface area contributed by atoms with E-state index in [0.29, 0.717) is 18.8 Å². The number of aromatic amines is 1. The summed E-state index contributed by atoms with van der Waals surface area (Å²) in [6, 6.07) is -0.175. The van der Waals surface area contributed by atoms with Gasteiger partial charge in [-0.2, -0.15) is 4.31 Å². The monoisotopic (exact) mass is 311 g/mol. The van der Waals surface area contributed by atoms with Crippen molar-refractivity contribution in [2.24, 2.45) is 5.92 Å². The van der Waals surface area contributed by atoms with Gasteiger partial charge in [-0.05, 0) is 32.6 Å². The van der Waals surface area contributed by atoms with E-state index in [1.165, 1.54) is 10.5 Å². The maximum atomic E-state index is 12.8. The summed E-state index contributed by atoms with van der Waals surface area (Å²) in [6.45, 7) is 2.22. The number of nitrogens with zero attached hydrogens (tertiary/aromatic N) is 2. The first-order valence-corrected chi connectivity index (χ1v) is 9.00. The van der Waals surface area contributed by atoms with Gasteiger partial charge in [-0.3, -0.25) is 4.79 Å². The summed E-state index contributed by atoms with van der Waals surface area (Å²) >= 11 is 0. The van der Waals surface area contributed by atoms with Crippen molar-refractivity contribution in [3.05, 3.63) is 12.0 Å². The predicted molar refractivity (Wildman–Crippen MR) is 77.2 cm³/mol. The van der Waals surface area contributed by atoms with Crippen LogP contribution < -0.4 is 0 Å². The summed E-state index contributed by atoms with van der Waals surface area (Å²) in [5.41, 5.74) is 0. The standard InChI is InChI=1S/C14H21N3O3S/c1-10-15-9-14(16-10)21(19,20)17-8-4-6-12(17)11-5-2-3-7-13(11)18/h9,11-12H,2-8H2,1H3,(H,15,16). The van der Waals surface area contributed by atoms with Crippen LogP contribution >= 0.6 is 0 Å². The summed E-state index contributed by atoms with van der Waals surface area (Å²) < 4.78 is 27.0. The zero-order valence-electron chi connectivity index (χ0n) is 12.2. The minimum Gasteiger partial charge on any atom is -0.332 e. The summed E-state index contributed by atoms with van der Waals surface area (Å²) in [5.74, 6) is 0.687. The molecular formula is C14H21N3O3S. The number of Topliss-reactive ketones (excluding diaryl/α,β-unsaturated/α-hetero) is 1. The number of ketones is 1. The van der Waals surface area contributed by atoms with Crippen LogP contribution in [-0.2, 0) is 14.8 Å². The smallest absolute Gasteiger partial charge is 0.260 e. The second kappa shape index (κ2) is 5.53. The number of sulfonamides is 1. The van der Waals surface area contributed by atoms with Crippen molar-refractivity contribution >= 4 is 15.8 Å². The van der Waals surface area contributed by atoms with Crippen LogP contribution in [0.3, 0.4) is 0 Å². The highest BCUT2D eigenvalue weighted by atomic mass is 32.2. The lowest BCUT2D eigenvalue weighted by molar-refractivity contribution is -0.126. The molecule has 0 spiro atoms. The van der Waals surface area contributed by atoms with Crippen LogP contribution in [0.25, 0.3) is 0 Å². The highest BCUT2D eigenvalue weighted by Gasteiger charge is 2.43. The zero-order valence-corrected chi connectivity index (χ0v) is 13.0. The van der Waals surface area contributed by atoms with Crippen molar-refractivity contribution in [2.75, 3.05) is 6.54 Å². The van der Waals surface area contributed by atoms with Gasteiger partial charge in [0.05, 0.1) is 6.20 Å². The number of carbonyl (C=O) groups excluding carboxylic acids is 1. The molecule has 0 radical (unpaired) electrons. The summed E-state index contributed by atoms with van der Waals surface area (Å²) in [5, 5.41) is 0.134. The fraction of sp³-hybridized carbons (Fsp3) is 0.714. The van der Waals surface area contributed by atoms with E-state index in [1.54, 1.807) is 6.92 Å². The molecule has 1 aliphatic carbocycles. The second-order valence-electron chi connectivity index (χ2n) is 5.98. The van der Waals surface area contributed by atoms with Crippen LogP contribution in [0.2, 0.25) is 0 Å². The molecule has 116 valence electrons. The van der Waals surface area contributed by atoms with Crippen molar-refractivity contribution in [3.8, 4) is 0 Å². The van der Waals surface area contributed by atoms with Crippen molar-refractivity contribution in [3.63, 3.8) is 0 Å². The molecule has 2 heterocycles. The SMILES string of the molecule is Cc1ncc(S(=O)(=O)N2CCCC2C2CCCCC2=O)[nH]1. The van der Waals surface area contributed by atoms with E-state index < -0.39 is 10.0 Å². The van der Waals surface area contributed by atoms with Gasteiger partial charge in [-0.25, -0.2) is 13.4 Å². The molecule has 2 atom stereocenters. The molecule has 0 aromatic carbocycles. The molecule has 1 saturated carbocycles. The molecule has 1 saturated heterocycles. The molecule has 3 rings (SSSR count). The maximum absolute atomic E-state index is 12.8. The Morgan fingerprint density at radius 3 is 2.76 bits per heavy atom. The van der Waals surface area contributed by atoms with Gasteiger partial charge in [-0.15, -0.1) is 0 Å². The third-order valence-corrected chi connectivity index (χ3v) is 6.41. The van der Waals surface area contributed by atoms with E-state index in [-0.39, 0.29) is 22.8 Å². The molecule has 1 aliphatic heterocycles. The number of carbonyl (C=O) groups is 1. The number of H-pyrrole nitrogens is 1. The number of hydrogen-bond acceptors (Lipinski definition) is 4. The first-order valence-electron chi connectivity index (χ1n) is 7.56. The highest BCUT2D eigenvalue weighted by Crippen LogP contribution is 2.35. The molecule has 1 aromatic heterocycles. The largest absolute Gasteiger partial charge is 0.332 e. The van der Waals surface area contributed by atoms with E-state index in [1.807, 2.05) is 0 Å². The maximum Gasteiger partial charge on any atom is 0.260 e. The number of imidazole rings is 1. The highest BCUT2D eigenvalue weighted by molar-refractivity contribution is 7.89. The van der Waals surface area contributed by atoms with E-state index >= 15 is 0 Å². The quantitative estimate of drug-likeness (QED) is 0.919. The third-order valence-electron chi connectivity index (χ3n) is 4.58. The average molecular weight is 311 g/mol. The molecule has 1 aromatic rings. The summed E-state index contributed by atoms with van der Waals surface area (Å²) in [7, 11) is -3.58. The molecule has 7 heteroatoms. The zero-order chi connectivity index (χ0) is 15.0. The third kappa shape index (κ3) is 2.64. The lowest BCUT2D eigenvalue weighted by Gasteiger charge is -2.31. The fourth-order valence-corrected chi connectivity index (χ4v) is 5.23. The van der Waals surface area contributed by atoms with Crippen LogP contribution in [-0.4, -0.2) is 41.1 Å². The van der Waals surface area contributed by atoms with Crippen LogP contribution in [0.4, 0.5) is 0 Å². The summed E-state index contributed by atoms with van der Waals surface area (Å²) in [4.78, 5) is 18.9. The minimum atomic E-state index is -3.58. The molecule has 2 unspecified atom stereocenters. The molecular weight excluding hydrogens is 290 g/mol. The Bertz CT molecular complexity index is 638. The van der Waals surface area contributed by atoms with E-state index in [2.05, 4.69) is 9.97 Å². The van der Waals surface area contributed by atoms with Gasteiger partial charge >= 0.3 is 0 Å². The molecule has 0 amide bonds.